The van der Waals surface area contributed by atoms with E-state index in [1.54, 1.807) is 17.1 Å². The number of carbonyl (C=O) groups excluding carboxylic acids is 1. The number of aliphatic hydroxyl groups excluding tert-OH is 1. The third kappa shape index (κ3) is 3.39. The quantitative estimate of drug-likeness (QED) is 0.898. The van der Waals surface area contributed by atoms with E-state index in [1.165, 1.54) is 0 Å². The Balaban J connectivity index is 1.44. The van der Waals surface area contributed by atoms with Crippen LogP contribution in [-0.4, -0.2) is 50.3 Å². The monoisotopic (exact) mass is 355 g/mol. The topological polar surface area (TPSA) is 67.6 Å². The molecular formula is C20H25N3O3. The van der Waals surface area contributed by atoms with Gasteiger partial charge in [-0.25, -0.2) is 4.98 Å². The first-order chi connectivity index (χ1) is 12.5. The fourth-order valence-corrected chi connectivity index (χ4v) is 4.15. The van der Waals surface area contributed by atoms with Crippen molar-refractivity contribution >= 4 is 5.91 Å². The summed E-state index contributed by atoms with van der Waals surface area (Å²) in [6, 6.07) is 10.1. The summed E-state index contributed by atoms with van der Waals surface area (Å²) in [4.78, 5) is 18.6. The molecule has 138 valence electrons. The smallest absolute Gasteiger partial charge is 0.274 e. The van der Waals surface area contributed by atoms with Crippen LogP contribution in [0.15, 0.2) is 42.9 Å². The zero-order valence-corrected chi connectivity index (χ0v) is 15.0. The first-order valence-corrected chi connectivity index (χ1v) is 9.23. The standard InChI is InChI=1S/C20H25N3O3/c1-22-13-17(21-14-22)19(25)23-9-7-20(8-10-23)12-16(24)11-18(26-20)15-5-3-2-4-6-15/h2-6,13-14,16,18,24H,7-12H2,1H3/t16-,18-/m1/s1. The summed E-state index contributed by atoms with van der Waals surface area (Å²) >= 11 is 0. The van der Waals surface area contributed by atoms with Crippen LogP contribution in [0.2, 0.25) is 0 Å². The number of ether oxygens (including phenoxy) is 1. The van der Waals surface area contributed by atoms with E-state index in [1.807, 2.05) is 30.1 Å². The number of nitrogens with zero attached hydrogens (tertiary/aromatic N) is 3. The van der Waals surface area contributed by atoms with E-state index in [2.05, 4.69) is 17.1 Å². The Labute approximate surface area is 153 Å². The highest BCUT2D eigenvalue weighted by atomic mass is 16.5. The van der Waals surface area contributed by atoms with Crippen LogP contribution >= 0.6 is 0 Å². The van der Waals surface area contributed by atoms with Crippen LogP contribution in [-0.2, 0) is 11.8 Å². The van der Waals surface area contributed by atoms with Gasteiger partial charge in [-0.2, -0.15) is 0 Å². The van der Waals surface area contributed by atoms with Crippen LogP contribution in [0.1, 0.15) is 47.8 Å². The summed E-state index contributed by atoms with van der Waals surface area (Å²) in [6.45, 7) is 1.26. The third-order valence-electron chi connectivity index (χ3n) is 5.54. The molecule has 1 spiro atoms. The van der Waals surface area contributed by atoms with E-state index in [9.17, 15) is 9.90 Å². The molecule has 1 aromatic heterocycles. The zero-order chi connectivity index (χ0) is 18.1. The number of piperidine rings is 1. The lowest BCUT2D eigenvalue weighted by molar-refractivity contribution is -0.181. The predicted molar refractivity (Wildman–Crippen MR) is 96.6 cm³/mol. The van der Waals surface area contributed by atoms with Gasteiger partial charge in [-0.05, 0) is 18.4 Å². The van der Waals surface area contributed by atoms with Crippen molar-refractivity contribution in [1.82, 2.24) is 14.5 Å². The van der Waals surface area contributed by atoms with E-state index >= 15 is 0 Å². The van der Waals surface area contributed by atoms with E-state index in [0.29, 0.717) is 31.6 Å². The maximum Gasteiger partial charge on any atom is 0.274 e. The molecule has 0 bridgehead atoms. The van der Waals surface area contributed by atoms with Gasteiger partial charge in [-0.1, -0.05) is 30.3 Å². The lowest BCUT2D eigenvalue weighted by atomic mass is 9.81. The first kappa shape index (κ1) is 17.2. The predicted octanol–water partition coefficient (Wildman–Crippen LogP) is 2.31. The van der Waals surface area contributed by atoms with Crippen molar-refractivity contribution in [2.45, 2.75) is 43.5 Å². The molecule has 2 aliphatic heterocycles. The minimum Gasteiger partial charge on any atom is -0.393 e. The Morgan fingerprint density at radius 3 is 2.65 bits per heavy atom. The number of hydrogen-bond donors (Lipinski definition) is 1. The number of benzene rings is 1. The van der Waals surface area contributed by atoms with E-state index in [-0.39, 0.29) is 23.7 Å². The number of rotatable bonds is 2. The van der Waals surface area contributed by atoms with Crippen molar-refractivity contribution < 1.29 is 14.6 Å². The minimum atomic E-state index is -0.369. The Kier molecular flexibility index (Phi) is 4.54. The SMILES string of the molecule is Cn1cnc(C(=O)N2CCC3(CC2)C[C@H](O)C[C@H](c2ccccc2)O3)c1. The van der Waals surface area contributed by atoms with Gasteiger partial charge in [0, 0.05) is 39.2 Å². The molecule has 2 aromatic rings. The molecule has 1 amide bonds. The molecule has 1 aromatic carbocycles. The molecule has 2 fully saturated rings. The second-order valence-corrected chi connectivity index (χ2v) is 7.51. The van der Waals surface area contributed by atoms with Crippen molar-refractivity contribution in [1.29, 1.82) is 0 Å². The molecule has 1 N–H and O–H groups in total. The van der Waals surface area contributed by atoms with Gasteiger partial charge in [0.25, 0.3) is 5.91 Å². The van der Waals surface area contributed by atoms with Crippen molar-refractivity contribution in [3.8, 4) is 0 Å². The molecule has 0 aliphatic carbocycles. The van der Waals surface area contributed by atoms with Crippen LogP contribution in [0.3, 0.4) is 0 Å². The van der Waals surface area contributed by atoms with Crippen LogP contribution in [0.4, 0.5) is 0 Å². The third-order valence-corrected chi connectivity index (χ3v) is 5.54. The fourth-order valence-electron chi connectivity index (χ4n) is 4.15. The summed E-state index contributed by atoms with van der Waals surface area (Å²) in [7, 11) is 1.86. The van der Waals surface area contributed by atoms with Gasteiger partial charge >= 0.3 is 0 Å². The Bertz CT molecular complexity index is 766. The van der Waals surface area contributed by atoms with Gasteiger partial charge in [-0.3, -0.25) is 4.79 Å². The van der Waals surface area contributed by atoms with Crippen molar-refractivity contribution in [3.63, 3.8) is 0 Å². The molecule has 2 aliphatic rings. The van der Waals surface area contributed by atoms with Gasteiger partial charge < -0.3 is 19.3 Å². The summed E-state index contributed by atoms with van der Waals surface area (Å²) in [5, 5.41) is 10.4. The highest BCUT2D eigenvalue weighted by Crippen LogP contribution is 2.43. The lowest BCUT2D eigenvalue weighted by Crippen LogP contribution is -2.52. The summed E-state index contributed by atoms with van der Waals surface area (Å²) in [5.41, 5.74) is 1.24. The van der Waals surface area contributed by atoms with E-state index in [0.717, 1.165) is 18.4 Å². The largest absolute Gasteiger partial charge is 0.393 e. The minimum absolute atomic E-state index is 0.0311. The van der Waals surface area contributed by atoms with Crippen LogP contribution in [0.5, 0.6) is 0 Å². The molecule has 6 heteroatoms. The molecule has 0 radical (unpaired) electrons. The molecule has 0 saturated carbocycles. The second kappa shape index (κ2) is 6.85. The highest BCUT2D eigenvalue weighted by molar-refractivity contribution is 5.92. The summed E-state index contributed by atoms with van der Waals surface area (Å²) in [6.07, 6.45) is 5.69. The van der Waals surface area contributed by atoms with Crippen LogP contribution in [0.25, 0.3) is 0 Å². The van der Waals surface area contributed by atoms with E-state index < -0.39 is 0 Å². The van der Waals surface area contributed by atoms with Gasteiger partial charge in [0.15, 0.2) is 0 Å². The molecule has 2 saturated heterocycles. The van der Waals surface area contributed by atoms with Crippen molar-refractivity contribution in [3.05, 3.63) is 54.1 Å². The summed E-state index contributed by atoms with van der Waals surface area (Å²) in [5.74, 6) is -0.0311. The fraction of sp³-hybridized carbons (Fsp3) is 0.500. The highest BCUT2D eigenvalue weighted by Gasteiger charge is 2.44. The van der Waals surface area contributed by atoms with Crippen LogP contribution in [0, 0.1) is 0 Å². The lowest BCUT2D eigenvalue weighted by Gasteiger charge is -2.48. The average Bonchev–Trinajstić information content (AvgIpc) is 3.08. The zero-order valence-electron chi connectivity index (χ0n) is 15.0. The van der Waals surface area contributed by atoms with E-state index in [4.69, 9.17) is 4.74 Å². The molecule has 6 nitrogen and oxygen atoms in total. The number of hydrogen-bond acceptors (Lipinski definition) is 4. The summed E-state index contributed by atoms with van der Waals surface area (Å²) < 4.78 is 8.27. The maximum absolute atomic E-state index is 12.6. The van der Waals surface area contributed by atoms with Gasteiger partial charge in [0.1, 0.15) is 5.69 Å². The maximum atomic E-state index is 12.6. The Morgan fingerprint density at radius 1 is 1.27 bits per heavy atom. The Morgan fingerprint density at radius 2 is 2.00 bits per heavy atom. The number of carbonyl (C=O) groups is 1. The molecule has 4 rings (SSSR count). The number of imidazole rings is 1. The molecule has 3 heterocycles. The van der Waals surface area contributed by atoms with Gasteiger partial charge in [0.2, 0.25) is 0 Å². The molecule has 2 atom stereocenters. The number of aryl methyl sites for hydroxylation is 1. The Hall–Kier alpha value is -2.18. The number of aliphatic hydroxyl groups is 1. The average molecular weight is 355 g/mol. The first-order valence-electron chi connectivity index (χ1n) is 9.23. The molecule has 26 heavy (non-hydrogen) atoms. The second-order valence-electron chi connectivity index (χ2n) is 7.51. The normalized spacial score (nSPS) is 25.4. The van der Waals surface area contributed by atoms with Gasteiger partial charge in [0.05, 0.1) is 24.1 Å². The number of aromatic nitrogens is 2. The van der Waals surface area contributed by atoms with Gasteiger partial charge in [-0.15, -0.1) is 0 Å². The van der Waals surface area contributed by atoms with Crippen molar-refractivity contribution in [2.24, 2.45) is 7.05 Å². The number of amides is 1. The van der Waals surface area contributed by atoms with Crippen LogP contribution < -0.4 is 0 Å². The van der Waals surface area contributed by atoms with Crippen molar-refractivity contribution in [2.75, 3.05) is 13.1 Å². The molecular weight excluding hydrogens is 330 g/mol. The number of likely N-dealkylation sites (tertiary alicyclic amines) is 1. The molecule has 0 unspecified atom stereocenters.